The molecule has 2 aromatic carbocycles. The van der Waals surface area contributed by atoms with Crippen molar-refractivity contribution in [3.05, 3.63) is 60.4 Å². The predicted molar refractivity (Wildman–Crippen MR) is 151 cm³/mol. The lowest BCUT2D eigenvalue weighted by atomic mass is 10.1. The Morgan fingerprint density at radius 2 is 1.98 bits per heavy atom. The third-order valence-electron chi connectivity index (χ3n) is 6.86. The molecule has 0 radical (unpaired) electrons. The van der Waals surface area contributed by atoms with E-state index in [0.717, 1.165) is 59.3 Å². The van der Waals surface area contributed by atoms with Gasteiger partial charge in [-0.1, -0.05) is 17.7 Å². The van der Waals surface area contributed by atoms with Gasteiger partial charge in [-0.05, 0) is 69.9 Å². The number of aryl methyl sites for hydroxylation is 1. The van der Waals surface area contributed by atoms with Crippen LogP contribution in [-0.4, -0.2) is 60.9 Å². The number of ether oxygens (including phenoxy) is 3. The summed E-state index contributed by atoms with van der Waals surface area (Å²) in [5, 5.41) is 12.9. The van der Waals surface area contributed by atoms with Crippen molar-refractivity contribution in [1.82, 2.24) is 20.0 Å². The monoisotopic (exact) mass is 568 g/mol. The normalized spacial score (nSPS) is 16.8. The zero-order valence-corrected chi connectivity index (χ0v) is 23.7. The molecule has 1 fully saturated rings. The molecular formula is C29H36N4O6S. The Kier molecular flexibility index (Phi) is 9.15. The van der Waals surface area contributed by atoms with Crippen LogP contribution in [0.1, 0.15) is 50.8 Å². The molecule has 11 heteroatoms. The van der Waals surface area contributed by atoms with Gasteiger partial charge in [-0.3, -0.25) is 9.28 Å². The Bertz CT molecular complexity index is 1480. The number of fused-ring (bicyclic) bond motifs is 1. The van der Waals surface area contributed by atoms with Crippen molar-refractivity contribution >= 4 is 21.0 Å². The summed E-state index contributed by atoms with van der Waals surface area (Å²) in [5.41, 5.74) is 3.74. The van der Waals surface area contributed by atoms with Crippen molar-refractivity contribution in [3.63, 3.8) is 0 Å². The van der Waals surface area contributed by atoms with Gasteiger partial charge in [0.1, 0.15) is 11.4 Å². The Balaban J connectivity index is 1.11. The molecule has 1 N–H and O–H groups in total. The molecule has 0 amide bonds. The summed E-state index contributed by atoms with van der Waals surface area (Å²) in [6.45, 7) is 5.61. The molecule has 4 aromatic rings. The zero-order chi connectivity index (χ0) is 28.0. The van der Waals surface area contributed by atoms with E-state index in [1.54, 1.807) is 30.5 Å². The van der Waals surface area contributed by atoms with E-state index in [4.69, 9.17) is 23.5 Å². The highest BCUT2D eigenvalue weighted by atomic mass is 32.2. The molecule has 0 unspecified atom stereocenters. The summed E-state index contributed by atoms with van der Waals surface area (Å²) in [6, 6.07) is 12.6. The maximum Gasteiger partial charge on any atom is 0.296 e. The minimum Gasteiger partial charge on any atom is -0.491 e. The van der Waals surface area contributed by atoms with E-state index in [0.29, 0.717) is 26.1 Å². The number of nitrogens with one attached hydrogen (secondary N) is 1. The minimum absolute atomic E-state index is 0.0703. The van der Waals surface area contributed by atoms with Crippen molar-refractivity contribution in [3.8, 4) is 17.0 Å². The molecule has 2 atom stereocenters. The van der Waals surface area contributed by atoms with E-state index in [-0.39, 0.29) is 23.8 Å². The highest BCUT2D eigenvalue weighted by molar-refractivity contribution is 7.86. The maximum atomic E-state index is 12.3. The molecule has 40 heavy (non-hydrogen) atoms. The lowest BCUT2D eigenvalue weighted by Gasteiger charge is -2.23. The predicted octanol–water partition coefficient (Wildman–Crippen LogP) is 5.40. The van der Waals surface area contributed by atoms with Crippen LogP contribution in [-0.2, 0) is 23.8 Å². The minimum atomic E-state index is -3.75. The number of aromatic amines is 1. The van der Waals surface area contributed by atoms with Gasteiger partial charge in [-0.25, -0.2) is 4.68 Å². The van der Waals surface area contributed by atoms with Gasteiger partial charge in [0, 0.05) is 36.8 Å². The average molecular weight is 569 g/mol. The first-order valence-electron chi connectivity index (χ1n) is 13.7. The molecule has 0 bridgehead atoms. The molecule has 2 aromatic heterocycles. The van der Waals surface area contributed by atoms with Crippen molar-refractivity contribution in [1.29, 1.82) is 0 Å². The first kappa shape index (κ1) is 28.3. The van der Waals surface area contributed by atoms with Crippen molar-refractivity contribution < 1.29 is 26.8 Å². The molecule has 0 saturated carbocycles. The second-order valence-corrected chi connectivity index (χ2v) is 11.7. The number of aromatic nitrogens is 4. The Labute approximate surface area is 234 Å². The second-order valence-electron chi connectivity index (χ2n) is 10.1. The topological polar surface area (TPSA) is 118 Å². The molecule has 3 heterocycles. The van der Waals surface area contributed by atoms with Crippen LogP contribution in [0.4, 0.5) is 0 Å². The molecular weight excluding hydrogens is 532 g/mol. The Morgan fingerprint density at radius 3 is 2.73 bits per heavy atom. The van der Waals surface area contributed by atoms with E-state index >= 15 is 0 Å². The highest BCUT2D eigenvalue weighted by Gasteiger charge is 2.22. The number of benzene rings is 2. The van der Waals surface area contributed by atoms with Crippen LogP contribution >= 0.6 is 0 Å². The van der Waals surface area contributed by atoms with Crippen LogP contribution in [0.25, 0.3) is 22.2 Å². The summed E-state index contributed by atoms with van der Waals surface area (Å²) in [7, 11) is -3.75. The molecule has 1 aliphatic heterocycles. The second kappa shape index (κ2) is 12.9. The van der Waals surface area contributed by atoms with Gasteiger partial charge in [0.2, 0.25) is 0 Å². The van der Waals surface area contributed by atoms with Crippen LogP contribution < -0.4 is 4.74 Å². The fraction of sp³-hybridized carbons (Fsp3) is 0.448. The van der Waals surface area contributed by atoms with E-state index in [1.807, 2.05) is 42.9 Å². The number of H-pyrrole nitrogens is 1. The largest absolute Gasteiger partial charge is 0.491 e. The third-order valence-corrected chi connectivity index (χ3v) is 8.19. The average Bonchev–Trinajstić information content (AvgIpc) is 3.61. The smallest absolute Gasteiger partial charge is 0.296 e. The number of hydrogen-bond donors (Lipinski definition) is 1. The summed E-state index contributed by atoms with van der Waals surface area (Å²) in [5.74, 6) is 0.753. The fourth-order valence-electron chi connectivity index (χ4n) is 4.67. The molecule has 5 rings (SSSR count). The third kappa shape index (κ3) is 6.90. The van der Waals surface area contributed by atoms with Gasteiger partial charge in [0.25, 0.3) is 10.1 Å². The number of hydrogen-bond acceptors (Lipinski definition) is 8. The van der Waals surface area contributed by atoms with Crippen LogP contribution in [0.3, 0.4) is 0 Å². The van der Waals surface area contributed by atoms with E-state index in [9.17, 15) is 8.42 Å². The first-order valence-corrected chi connectivity index (χ1v) is 15.1. The quantitative estimate of drug-likeness (QED) is 0.168. The van der Waals surface area contributed by atoms with Gasteiger partial charge >= 0.3 is 0 Å². The summed E-state index contributed by atoms with van der Waals surface area (Å²) >= 11 is 0. The van der Waals surface area contributed by atoms with Crippen LogP contribution in [0.15, 0.2) is 59.8 Å². The van der Waals surface area contributed by atoms with E-state index < -0.39 is 10.1 Å². The van der Waals surface area contributed by atoms with Gasteiger partial charge in [0.05, 0.1) is 35.9 Å². The molecule has 0 spiro atoms. The Morgan fingerprint density at radius 1 is 1.12 bits per heavy atom. The molecule has 0 aliphatic carbocycles. The SMILES string of the molecule is Cc1ccc(S(=O)(=O)OCCCOCC[C@@H](C)Oc2ccc3c(c2)c(-c2cn[nH]c2)nn3[C@H]2CCCCO2)cc1. The van der Waals surface area contributed by atoms with E-state index in [2.05, 4.69) is 10.2 Å². The summed E-state index contributed by atoms with van der Waals surface area (Å²) < 4.78 is 49.5. The Hall–Kier alpha value is -3.25. The van der Waals surface area contributed by atoms with Crippen molar-refractivity contribution in [2.75, 3.05) is 26.4 Å². The van der Waals surface area contributed by atoms with Crippen molar-refractivity contribution in [2.24, 2.45) is 0 Å². The van der Waals surface area contributed by atoms with E-state index in [1.165, 1.54) is 0 Å². The highest BCUT2D eigenvalue weighted by Crippen LogP contribution is 2.34. The fourth-order valence-corrected chi connectivity index (χ4v) is 5.61. The first-order chi connectivity index (χ1) is 19.4. The molecule has 1 aliphatic rings. The lowest BCUT2D eigenvalue weighted by Crippen LogP contribution is -2.19. The van der Waals surface area contributed by atoms with Gasteiger partial charge in [-0.15, -0.1) is 0 Å². The van der Waals surface area contributed by atoms with Crippen LogP contribution in [0.5, 0.6) is 5.75 Å². The standard InChI is InChI=1S/C29H36N4O6S/c1-21-7-10-25(11-8-21)40(34,35)38-16-5-14-36-17-13-22(2)39-24-9-12-27-26(18-24)29(23-19-30-31-20-23)32-33(27)28-6-3-4-15-37-28/h7-12,18-20,22,28H,3-6,13-17H2,1-2H3,(H,30,31)/t22-,28-/m1/s1. The van der Waals surface area contributed by atoms with Gasteiger partial charge in [-0.2, -0.15) is 18.6 Å². The molecule has 214 valence electrons. The maximum absolute atomic E-state index is 12.3. The molecule has 1 saturated heterocycles. The van der Waals surface area contributed by atoms with Crippen LogP contribution in [0, 0.1) is 6.92 Å². The summed E-state index contributed by atoms with van der Waals surface area (Å²) in [4.78, 5) is 0.162. The van der Waals surface area contributed by atoms with Crippen LogP contribution in [0.2, 0.25) is 0 Å². The zero-order valence-electron chi connectivity index (χ0n) is 22.9. The van der Waals surface area contributed by atoms with Gasteiger partial charge < -0.3 is 14.2 Å². The van der Waals surface area contributed by atoms with Crippen molar-refractivity contribution in [2.45, 2.75) is 63.2 Å². The number of nitrogens with zero attached hydrogens (tertiary/aromatic N) is 3. The van der Waals surface area contributed by atoms with Gasteiger partial charge in [0.15, 0.2) is 6.23 Å². The summed E-state index contributed by atoms with van der Waals surface area (Å²) in [6.07, 6.45) is 7.74. The lowest BCUT2D eigenvalue weighted by molar-refractivity contribution is -0.0365. The number of rotatable bonds is 13. The molecule has 10 nitrogen and oxygen atoms in total.